The first-order chi connectivity index (χ1) is 16.2. The Labute approximate surface area is 202 Å². The predicted octanol–water partition coefficient (Wildman–Crippen LogP) is 8.49. The summed E-state index contributed by atoms with van der Waals surface area (Å²) in [6.07, 6.45) is 22.0. The highest BCUT2D eigenvalue weighted by atomic mass is 16.5. The van der Waals surface area contributed by atoms with E-state index in [2.05, 4.69) is 31.8 Å². The minimum absolute atomic E-state index is 0.0579. The Hall–Kier alpha value is -2.01. The van der Waals surface area contributed by atoms with Gasteiger partial charge in [-0.25, -0.2) is 0 Å². The minimum atomic E-state index is -0.0579. The molecular weight excluding hydrogens is 404 g/mol. The number of benzene rings is 1. The highest BCUT2D eigenvalue weighted by molar-refractivity contribution is 5.75. The summed E-state index contributed by atoms with van der Waals surface area (Å²) in [4.78, 5) is 12.6. The summed E-state index contributed by atoms with van der Waals surface area (Å²) in [5, 5.41) is 0. The first kappa shape index (κ1) is 25.6. The maximum atomic E-state index is 12.6. The number of allylic oxidation sites excluding steroid dienone is 2. The first-order valence-corrected chi connectivity index (χ1v) is 13.7. The van der Waals surface area contributed by atoms with Crippen molar-refractivity contribution in [3.8, 4) is 17.6 Å². The van der Waals surface area contributed by atoms with Crippen LogP contribution in [0.3, 0.4) is 0 Å². The molecule has 1 aromatic rings. The lowest BCUT2D eigenvalue weighted by molar-refractivity contribution is -0.140. The monoisotopic (exact) mass is 448 g/mol. The summed E-state index contributed by atoms with van der Waals surface area (Å²) in [5.74, 6) is 9.48. The van der Waals surface area contributed by atoms with Crippen LogP contribution in [0.2, 0.25) is 0 Å². The van der Waals surface area contributed by atoms with Gasteiger partial charge in [-0.2, -0.15) is 0 Å². The van der Waals surface area contributed by atoms with Crippen molar-refractivity contribution in [2.45, 2.75) is 104 Å². The summed E-state index contributed by atoms with van der Waals surface area (Å²) >= 11 is 0. The topological polar surface area (TPSA) is 26.3 Å². The number of carbonyl (C=O) groups is 1. The fourth-order valence-corrected chi connectivity index (χ4v) is 5.56. The largest absolute Gasteiger partial charge is 0.426 e. The zero-order valence-electron chi connectivity index (χ0n) is 21.0. The Morgan fingerprint density at radius 3 is 2.21 bits per heavy atom. The minimum Gasteiger partial charge on any atom is -0.426 e. The SMILES string of the molecule is CCCCCC1CCC(C(=O)Oc2ccc(C#CC=CC3CCC(CCC)CC3)cc2)CC1. The lowest BCUT2D eigenvalue weighted by atomic mass is 9.80. The van der Waals surface area contributed by atoms with Gasteiger partial charge in [0, 0.05) is 5.56 Å². The number of carbonyl (C=O) groups excluding carboxylic acids is 1. The molecule has 0 N–H and O–H groups in total. The maximum Gasteiger partial charge on any atom is 0.314 e. The van der Waals surface area contributed by atoms with Gasteiger partial charge >= 0.3 is 5.97 Å². The van der Waals surface area contributed by atoms with Gasteiger partial charge in [0.1, 0.15) is 5.75 Å². The molecular formula is C31H44O2. The predicted molar refractivity (Wildman–Crippen MR) is 138 cm³/mol. The van der Waals surface area contributed by atoms with Crippen molar-refractivity contribution in [1.82, 2.24) is 0 Å². The van der Waals surface area contributed by atoms with Gasteiger partial charge in [0.2, 0.25) is 0 Å². The average Bonchev–Trinajstić information content (AvgIpc) is 2.84. The quantitative estimate of drug-likeness (QED) is 0.164. The van der Waals surface area contributed by atoms with E-state index in [9.17, 15) is 4.79 Å². The standard InChI is InChI=1S/C31H44O2/c1-3-5-6-10-27-17-21-29(22-18-27)31(32)33-30-23-19-28(20-24-30)12-8-7-11-26-15-13-25(9-4-2)14-16-26/h7,11,19-20,23-27,29H,3-6,9-10,13-18,21-22H2,1-2H3. The number of ether oxygens (including phenoxy) is 1. The zero-order valence-corrected chi connectivity index (χ0v) is 21.0. The van der Waals surface area contributed by atoms with Gasteiger partial charge in [0.15, 0.2) is 0 Å². The Kier molecular flexibility index (Phi) is 11.1. The third-order valence-corrected chi connectivity index (χ3v) is 7.73. The second-order valence-corrected chi connectivity index (χ2v) is 10.4. The molecule has 0 atom stereocenters. The van der Waals surface area contributed by atoms with Crippen molar-refractivity contribution in [1.29, 1.82) is 0 Å². The molecule has 2 aliphatic carbocycles. The second-order valence-electron chi connectivity index (χ2n) is 10.4. The summed E-state index contributed by atoms with van der Waals surface area (Å²) in [6.45, 7) is 4.54. The molecule has 2 aliphatic rings. The molecule has 0 bridgehead atoms. The van der Waals surface area contributed by atoms with Crippen LogP contribution in [0.4, 0.5) is 0 Å². The van der Waals surface area contributed by atoms with Crippen molar-refractivity contribution in [3.05, 3.63) is 42.0 Å². The van der Waals surface area contributed by atoms with E-state index >= 15 is 0 Å². The molecule has 2 saturated carbocycles. The Bertz CT molecular complexity index is 778. The molecule has 33 heavy (non-hydrogen) atoms. The van der Waals surface area contributed by atoms with E-state index < -0.39 is 0 Å². The third kappa shape index (κ3) is 9.04. The second kappa shape index (κ2) is 14.3. The van der Waals surface area contributed by atoms with Gasteiger partial charge in [0.25, 0.3) is 0 Å². The first-order valence-electron chi connectivity index (χ1n) is 13.7. The fourth-order valence-electron chi connectivity index (χ4n) is 5.56. The van der Waals surface area contributed by atoms with Crippen LogP contribution in [0.1, 0.15) is 109 Å². The van der Waals surface area contributed by atoms with Crippen LogP contribution in [0.15, 0.2) is 36.4 Å². The van der Waals surface area contributed by atoms with E-state index in [1.807, 2.05) is 30.3 Å². The van der Waals surface area contributed by atoms with Crippen LogP contribution < -0.4 is 4.74 Å². The van der Waals surface area contributed by atoms with Crippen LogP contribution in [-0.4, -0.2) is 5.97 Å². The molecule has 0 saturated heterocycles. The van der Waals surface area contributed by atoms with Gasteiger partial charge in [-0.15, -0.1) is 0 Å². The van der Waals surface area contributed by atoms with E-state index in [1.54, 1.807) is 0 Å². The van der Waals surface area contributed by atoms with Crippen molar-refractivity contribution in [2.24, 2.45) is 23.7 Å². The van der Waals surface area contributed by atoms with Gasteiger partial charge < -0.3 is 4.74 Å². The lowest BCUT2D eigenvalue weighted by Crippen LogP contribution is -2.25. The highest BCUT2D eigenvalue weighted by Crippen LogP contribution is 2.33. The van der Waals surface area contributed by atoms with Crippen LogP contribution in [-0.2, 0) is 4.79 Å². The van der Waals surface area contributed by atoms with E-state index in [1.165, 1.54) is 77.0 Å². The molecule has 0 aromatic heterocycles. The van der Waals surface area contributed by atoms with Crippen LogP contribution in [0.25, 0.3) is 0 Å². The Morgan fingerprint density at radius 2 is 1.55 bits per heavy atom. The third-order valence-electron chi connectivity index (χ3n) is 7.73. The fraction of sp³-hybridized carbons (Fsp3) is 0.645. The number of esters is 1. The molecule has 0 amide bonds. The molecule has 0 radical (unpaired) electrons. The molecule has 0 aliphatic heterocycles. The van der Waals surface area contributed by atoms with Gasteiger partial charge in [-0.1, -0.05) is 70.3 Å². The molecule has 3 rings (SSSR count). The average molecular weight is 449 g/mol. The molecule has 0 spiro atoms. The van der Waals surface area contributed by atoms with E-state index in [4.69, 9.17) is 4.74 Å². The Morgan fingerprint density at radius 1 is 0.879 bits per heavy atom. The summed E-state index contributed by atoms with van der Waals surface area (Å²) in [6, 6.07) is 7.64. The zero-order chi connectivity index (χ0) is 23.3. The van der Waals surface area contributed by atoms with Crippen molar-refractivity contribution in [3.63, 3.8) is 0 Å². The number of unbranched alkanes of at least 4 members (excludes halogenated alkanes) is 2. The van der Waals surface area contributed by atoms with Gasteiger partial charge in [-0.05, 0) is 99.5 Å². The van der Waals surface area contributed by atoms with Gasteiger partial charge in [-0.3, -0.25) is 4.79 Å². The molecule has 2 nitrogen and oxygen atoms in total. The number of hydrogen-bond acceptors (Lipinski definition) is 2. The highest BCUT2D eigenvalue weighted by Gasteiger charge is 2.27. The number of rotatable bonds is 9. The van der Waals surface area contributed by atoms with E-state index in [-0.39, 0.29) is 11.9 Å². The van der Waals surface area contributed by atoms with Crippen molar-refractivity contribution >= 4 is 5.97 Å². The van der Waals surface area contributed by atoms with Crippen molar-refractivity contribution in [2.75, 3.05) is 0 Å². The normalized spacial score (nSPS) is 25.4. The summed E-state index contributed by atoms with van der Waals surface area (Å²) in [5.41, 5.74) is 0.957. The summed E-state index contributed by atoms with van der Waals surface area (Å²) in [7, 11) is 0. The molecule has 0 unspecified atom stereocenters. The summed E-state index contributed by atoms with van der Waals surface area (Å²) < 4.78 is 5.67. The molecule has 1 aromatic carbocycles. The van der Waals surface area contributed by atoms with E-state index in [0.29, 0.717) is 11.7 Å². The van der Waals surface area contributed by atoms with Crippen LogP contribution in [0.5, 0.6) is 5.75 Å². The van der Waals surface area contributed by atoms with E-state index in [0.717, 1.165) is 30.2 Å². The maximum absolute atomic E-state index is 12.6. The molecule has 0 heterocycles. The lowest BCUT2D eigenvalue weighted by Gasteiger charge is -2.27. The smallest absolute Gasteiger partial charge is 0.314 e. The Balaban J connectivity index is 1.38. The van der Waals surface area contributed by atoms with Gasteiger partial charge in [0.05, 0.1) is 5.92 Å². The number of hydrogen-bond donors (Lipinski definition) is 0. The molecule has 2 heteroatoms. The van der Waals surface area contributed by atoms with Crippen molar-refractivity contribution < 1.29 is 9.53 Å². The van der Waals surface area contributed by atoms with Crippen LogP contribution >= 0.6 is 0 Å². The van der Waals surface area contributed by atoms with Crippen LogP contribution in [0, 0.1) is 35.5 Å². The molecule has 2 fully saturated rings. The molecule has 180 valence electrons.